The molecule has 1 saturated heterocycles. The van der Waals surface area contributed by atoms with E-state index >= 15 is 0 Å². The predicted octanol–water partition coefficient (Wildman–Crippen LogP) is 3.11. The Hall–Kier alpha value is -1.06. The number of hydrogen-bond acceptors (Lipinski definition) is 2. The summed E-state index contributed by atoms with van der Waals surface area (Å²) < 4.78 is 0. The van der Waals surface area contributed by atoms with Crippen LogP contribution in [0.2, 0.25) is 0 Å². The summed E-state index contributed by atoms with van der Waals surface area (Å²) in [5.74, 6) is 0.234. The van der Waals surface area contributed by atoms with Gasteiger partial charge in [-0.15, -0.1) is 12.4 Å². The minimum atomic E-state index is 0. The first kappa shape index (κ1) is 17.0. The summed E-state index contributed by atoms with van der Waals surface area (Å²) >= 11 is 0. The lowest BCUT2D eigenvalue weighted by Crippen LogP contribution is -2.39. The third kappa shape index (κ3) is 4.22. The van der Waals surface area contributed by atoms with Crippen LogP contribution >= 0.6 is 12.4 Å². The van der Waals surface area contributed by atoms with E-state index in [1.807, 2.05) is 30.1 Å². The molecule has 0 spiro atoms. The molecule has 1 heterocycles. The maximum absolute atomic E-state index is 12.4. The third-order valence-corrected chi connectivity index (χ3v) is 3.99. The highest BCUT2D eigenvalue weighted by Crippen LogP contribution is 2.23. The van der Waals surface area contributed by atoms with Crippen molar-refractivity contribution in [3.8, 4) is 0 Å². The van der Waals surface area contributed by atoms with Gasteiger partial charge in [0, 0.05) is 7.05 Å². The van der Waals surface area contributed by atoms with Crippen molar-refractivity contribution in [2.24, 2.45) is 0 Å². The first-order valence-electron chi connectivity index (χ1n) is 7.25. The standard InChI is InChI=1S/C16H24N2O.ClH/c1-3-15(14-9-5-4-6-10-14)17(2)16(19)13-18-11-7-8-12-18;/h4-6,9-10,15H,3,7-8,11-13H2,1-2H3;1H. The number of halogens is 1. The highest BCUT2D eigenvalue weighted by atomic mass is 35.5. The Bertz CT molecular complexity index is 404. The van der Waals surface area contributed by atoms with Gasteiger partial charge in [-0.1, -0.05) is 37.3 Å². The molecule has 112 valence electrons. The summed E-state index contributed by atoms with van der Waals surface area (Å²) in [6.07, 6.45) is 3.41. The Kier molecular flexibility index (Phi) is 7.03. The molecule has 20 heavy (non-hydrogen) atoms. The van der Waals surface area contributed by atoms with Crippen LogP contribution in [0.5, 0.6) is 0 Å². The fourth-order valence-corrected chi connectivity index (χ4v) is 2.83. The predicted molar refractivity (Wildman–Crippen MR) is 85.2 cm³/mol. The first-order valence-corrected chi connectivity index (χ1v) is 7.25. The molecule has 3 nitrogen and oxygen atoms in total. The summed E-state index contributed by atoms with van der Waals surface area (Å²) in [5.41, 5.74) is 1.22. The third-order valence-electron chi connectivity index (χ3n) is 3.99. The van der Waals surface area contributed by atoms with Crippen LogP contribution in [0.25, 0.3) is 0 Å². The number of carbonyl (C=O) groups is 1. The maximum Gasteiger partial charge on any atom is 0.237 e. The SMILES string of the molecule is CCC(c1ccccc1)N(C)C(=O)CN1CCCC1.Cl. The fraction of sp³-hybridized carbons (Fsp3) is 0.562. The molecule has 1 unspecified atom stereocenters. The fourth-order valence-electron chi connectivity index (χ4n) is 2.83. The molecule has 1 amide bonds. The van der Waals surface area contributed by atoms with Crippen LogP contribution in [-0.4, -0.2) is 42.4 Å². The Morgan fingerprint density at radius 2 is 1.85 bits per heavy atom. The van der Waals surface area contributed by atoms with Gasteiger partial charge >= 0.3 is 0 Å². The average Bonchev–Trinajstić information content (AvgIpc) is 2.93. The van der Waals surface area contributed by atoms with Crippen LogP contribution in [0.1, 0.15) is 37.8 Å². The average molecular weight is 297 g/mol. The van der Waals surface area contributed by atoms with E-state index in [-0.39, 0.29) is 24.4 Å². The zero-order chi connectivity index (χ0) is 13.7. The van der Waals surface area contributed by atoms with Crippen molar-refractivity contribution in [3.63, 3.8) is 0 Å². The second-order valence-electron chi connectivity index (χ2n) is 5.32. The van der Waals surface area contributed by atoms with E-state index in [9.17, 15) is 4.79 Å². The van der Waals surface area contributed by atoms with Gasteiger partial charge in [0.25, 0.3) is 0 Å². The van der Waals surface area contributed by atoms with Crippen LogP contribution in [0.15, 0.2) is 30.3 Å². The minimum absolute atomic E-state index is 0. The molecule has 0 bridgehead atoms. The quantitative estimate of drug-likeness (QED) is 0.833. The molecule has 0 aliphatic carbocycles. The van der Waals surface area contributed by atoms with Crippen molar-refractivity contribution >= 4 is 18.3 Å². The highest BCUT2D eigenvalue weighted by molar-refractivity contribution is 5.85. The molecule has 0 saturated carbocycles. The number of likely N-dealkylation sites (tertiary alicyclic amines) is 1. The van der Waals surface area contributed by atoms with Gasteiger partial charge in [-0.2, -0.15) is 0 Å². The molecule has 1 aromatic rings. The molecule has 1 aromatic carbocycles. The van der Waals surface area contributed by atoms with Crippen molar-refractivity contribution in [3.05, 3.63) is 35.9 Å². The van der Waals surface area contributed by atoms with Crippen LogP contribution < -0.4 is 0 Å². The van der Waals surface area contributed by atoms with E-state index in [0.29, 0.717) is 6.54 Å². The van der Waals surface area contributed by atoms with Crippen LogP contribution in [0, 0.1) is 0 Å². The van der Waals surface area contributed by atoms with Gasteiger partial charge in [0.05, 0.1) is 12.6 Å². The molecule has 2 rings (SSSR count). The number of nitrogens with zero attached hydrogens (tertiary/aromatic N) is 2. The van der Waals surface area contributed by atoms with Gasteiger partial charge in [-0.25, -0.2) is 0 Å². The van der Waals surface area contributed by atoms with E-state index in [1.165, 1.54) is 18.4 Å². The van der Waals surface area contributed by atoms with E-state index < -0.39 is 0 Å². The second-order valence-corrected chi connectivity index (χ2v) is 5.32. The Labute approximate surface area is 128 Å². The minimum Gasteiger partial charge on any atom is -0.338 e. The van der Waals surface area contributed by atoms with Gasteiger partial charge in [-0.05, 0) is 37.9 Å². The van der Waals surface area contributed by atoms with Gasteiger partial charge in [0.1, 0.15) is 0 Å². The first-order chi connectivity index (χ1) is 9.22. The van der Waals surface area contributed by atoms with Crippen molar-refractivity contribution in [2.75, 3.05) is 26.7 Å². The lowest BCUT2D eigenvalue weighted by molar-refractivity contribution is -0.133. The summed E-state index contributed by atoms with van der Waals surface area (Å²) in [7, 11) is 1.93. The van der Waals surface area contributed by atoms with E-state index in [1.54, 1.807) is 0 Å². The molecule has 4 heteroatoms. The molecular weight excluding hydrogens is 272 g/mol. The molecular formula is C16H25ClN2O. The summed E-state index contributed by atoms with van der Waals surface area (Å²) in [6.45, 7) is 4.85. The van der Waals surface area contributed by atoms with Crippen molar-refractivity contribution < 1.29 is 4.79 Å². The zero-order valence-electron chi connectivity index (χ0n) is 12.4. The van der Waals surface area contributed by atoms with Crippen LogP contribution in [0.4, 0.5) is 0 Å². The normalized spacial score (nSPS) is 16.5. The van der Waals surface area contributed by atoms with Crippen molar-refractivity contribution in [2.45, 2.75) is 32.2 Å². The molecule has 0 N–H and O–H groups in total. The van der Waals surface area contributed by atoms with Crippen molar-refractivity contribution in [1.82, 2.24) is 9.80 Å². The van der Waals surface area contributed by atoms with Gasteiger partial charge in [-0.3, -0.25) is 9.69 Å². The highest BCUT2D eigenvalue weighted by Gasteiger charge is 2.22. The number of likely N-dealkylation sites (N-methyl/N-ethyl adjacent to an activating group) is 1. The lowest BCUT2D eigenvalue weighted by atomic mass is 10.0. The second kappa shape index (κ2) is 8.28. The number of benzene rings is 1. The smallest absolute Gasteiger partial charge is 0.237 e. The molecule has 1 fully saturated rings. The Morgan fingerprint density at radius 3 is 2.40 bits per heavy atom. The Balaban J connectivity index is 0.00000200. The van der Waals surface area contributed by atoms with Crippen LogP contribution in [0.3, 0.4) is 0 Å². The molecule has 0 aromatic heterocycles. The monoisotopic (exact) mass is 296 g/mol. The maximum atomic E-state index is 12.4. The zero-order valence-corrected chi connectivity index (χ0v) is 13.2. The van der Waals surface area contributed by atoms with Gasteiger partial charge < -0.3 is 4.90 Å². The van der Waals surface area contributed by atoms with E-state index in [4.69, 9.17) is 0 Å². The lowest BCUT2D eigenvalue weighted by Gasteiger charge is -2.29. The molecule has 1 atom stereocenters. The largest absolute Gasteiger partial charge is 0.338 e. The van der Waals surface area contributed by atoms with Gasteiger partial charge in [0.2, 0.25) is 5.91 Å². The number of amides is 1. The van der Waals surface area contributed by atoms with E-state index in [0.717, 1.165) is 19.5 Å². The summed E-state index contributed by atoms with van der Waals surface area (Å²) in [5, 5.41) is 0. The van der Waals surface area contributed by atoms with Crippen LogP contribution in [-0.2, 0) is 4.79 Å². The number of hydrogen-bond donors (Lipinski definition) is 0. The Morgan fingerprint density at radius 1 is 1.25 bits per heavy atom. The molecule has 1 aliphatic heterocycles. The van der Waals surface area contributed by atoms with E-state index in [2.05, 4.69) is 24.0 Å². The molecule has 0 radical (unpaired) electrons. The number of carbonyl (C=O) groups excluding carboxylic acids is 1. The molecule has 1 aliphatic rings. The van der Waals surface area contributed by atoms with Gasteiger partial charge in [0.15, 0.2) is 0 Å². The topological polar surface area (TPSA) is 23.6 Å². The summed E-state index contributed by atoms with van der Waals surface area (Å²) in [6, 6.07) is 10.5. The van der Waals surface area contributed by atoms with Crippen molar-refractivity contribution in [1.29, 1.82) is 0 Å². The number of rotatable bonds is 5. The summed E-state index contributed by atoms with van der Waals surface area (Å²) in [4.78, 5) is 16.5.